The molecule has 0 fully saturated rings. The average molecular weight is 408 g/mol. The number of carbonyl (C=O) groups excluding carboxylic acids is 1. The van der Waals surface area contributed by atoms with Gasteiger partial charge in [0.15, 0.2) is 0 Å². The molecular formula is C23H22F2N4O. The summed E-state index contributed by atoms with van der Waals surface area (Å²) >= 11 is 0. The highest BCUT2D eigenvalue weighted by Gasteiger charge is 2.19. The van der Waals surface area contributed by atoms with E-state index in [1.807, 2.05) is 20.8 Å². The summed E-state index contributed by atoms with van der Waals surface area (Å²) in [5, 5.41) is 8.05. The van der Waals surface area contributed by atoms with Crippen molar-refractivity contribution in [2.45, 2.75) is 33.2 Å². The second-order valence-corrected chi connectivity index (χ2v) is 7.43. The van der Waals surface area contributed by atoms with E-state index >= 15 is 0 Å². The third kappa shape index (κ3) is 3.58. The van der Waals surface area contributed by atoms with E-state index in [9.17, 15) is 13.6 Å². The van der Waals surface area contributed by atoms with E-state index in [-0.39, 0.29) is 30.0 Å². The number of amides is 1. The minimum atomic E-state index is -0.337. The first-order chi connectivity index (χ1) is 14.3. The molecule has 4 aromatic rings. The summed E-state index contributed by atoms with van der Waals surface area (Å²) in [5.41, 5.74) is 4.24. The molecule has 2 N–H and O–H groups in total. The van der Waals surface area contributed by atoms with Crippen LogP contribution in [0.15, 0.2) is 48.7 Å². The number of rotatable bonds is 5. The van der Waals surface area contributed by atoms with Gasteiger partial charge >= 0.3 is 0 Å². The minimum absolute atomic E-state index is 0.136. The third-order valence-electron chi connectivity index (χ3n) is 5.39. The van der Waals surface area contributed by atoms with E-state index in [1.54, 1.807) is 35.1 Å². The van der Waals surface area contributed by atoms with Crippen molar-refractivity contribution < 1.29 is 13.6 Å². The highest BCUT2D eigenvalue weighted by Crippen LogP contribution is 2.25. The zero-order valence-corrected chi connectivity index (χ0v) is 17.0. The van der Waals surface area contributed by atoms with Crippen LogP contribution in [0.25, 0.3) is 16.6 Å². The fraction of sp³-hybridized carbons (Fsp3) is 0.217. The van der Waals surface area contributed by atoms with Crippen LogP contribution in [-0.4, -0.2) is 20.7 Å². The number of para-hydroxylation sites is 1. The number of halogens is 2. The Morgan fingerprint density at radius 3 is 2.73 bits per heavy atom. The van der Waals surface area contributed by atoms with Gasteiger partial charge in [-0.05, 0) is 50.6 Å². The molecule has 2 heterocycles. The van der Waals surface area contributed by atoms with Crippen molar-refractivity contribution in [1.29, 1.82) is 0 Å². The predicted octanol–water partition coefficient (Wildman–Crippen LogP) is 4.67. The minimum Gasteiger partial charge on any atom is -0.356 e. The summed E-state index contributed by atoms with van der Waals surface area (Å²) < 4.78 is 29.2. The monoisotopic (exact) mass is 408 g/mol. The Hall–Kier alpha value is -3.48. The molecule has 154 valence electrons. The molecule has 5 nitrogen and oxygen atoms in total. The number of nitrogens with one attached hydrogen (secondary N) is 2. The number of hydrogen-bond donors (Lipinski definition) is 2. The van der Waals surface area contributed by atoms with Crippen LogP contribution >= 0.6 is 0 Å². The number of benzene rings is 2. The Balaban J connectivity index is 1.52. The summed E-state index contributed by atoms with van der Waals surface area (Å²) in [5.74, 6) is -0.847. The topological polar surface area (TPSA) is 62.7 Å². The molecule has 0 saturated heterocycles. The molecule has 1 atom stereocenters. The first-order valence-corrected chi connectivity index (χ1v) is 9.70. The molecule has 0 aliphatic carbocycles. The summed E-state index contributed by atoms with van der Waals surface area (Å²) in [6.45, 7) is 5.58. The molecule has 4 rings (SSSR count). The van der Waals surface area contributed by atoms with Crippen LogP contribution < -0.4 is 5.32 Å². The maximum absolute atomic E-state index is 14.0. The molecule has 0 saturated carbocycles. The quantitative estimate of drug-likeness (QED) is 0.504. The van der Waals surface area contributed by atoms with E-state index in [4.69, 9.17) is 0 Å². The smallest absolute Gasteiger partial charge is 0.224 e. The molecule has 1 amide bonds. The van der Waals surface area contributed by atoms with E-state index < -0.39 is 0 Å². The molecule has 7 heteroatoms. The first-order valence-electron chi connectivity index (χ1n) is 9.70. The molecule has 2 aromatic carbocycles. The molecule has 0 aliphatic rings. The van der Waals surface area contributed by atoms with Crippen LogP contribution in [0.3, 0.4) is 0 Å². The maximum Gasteiger partial charge on any atom is 0.224 e. The number of aryl methyl sites for hydroxylation is 1. The number of H-pyrrole nitrogens is 1. The number of carbonyl (C=O) groups is 1. The molecule has 2 aromatic heterocycles. The number of fused-ring (bicyclic) bond motifs is 1. The average Bonchev–Trinajstić information content (AvgIpc) is 3.23. The standard InChI is InChI=1S/C23H22F2N4O/c1-13-19(18-8-5-9-21(25)23(18)28-13)11-22(30)27-14(2)20-12-26-29(15(20)3)17-7-4-6-16(24)10-17/h4-10,12,14,28H,11H2,1-3H3,(H,27,30)/t14-/m1/s1. The van der Waals surface area contributed by atoms with Crippen LogP contribution in [0, 0.1) is 25.5 Å². The lowest BCUT2D eigenvalue weighted by Gasteiger charge is -2.14. The Morgan fingerprint density at radius 1 is 1.20 bits per heavy atom. The van der Waals surface area contributed by atoms with Gasteiger partial charge in [-0.3, -0.25) is 4.79 Å². The summed E-state index contributed by atoms with van der Waals surface area (Å²) in [7, 11) is 0. The first kappa shape index (κ1) is 19.8. The van der Waals surface area contributed by atoms with Gasteiger partial charge in [0, 0.05) is 22.3 Å². The fourth-order valence-electron chi connectivity index (χ4n) is 3.84. The summed E-state index contributed by atoms with van der Waals surface area (Å²) in [6, 6.07) is 10.7. The fourth-order valence-corrected chi connectivity index (χ4v) is 3.84. The van der Waals surface area contributed by atoms with Crippen LogP contribution in [0.4, 0.5) is 8.78 Å². The maximum atomic E-state index is 14.0. The van der Waals surface area contributed by atoms with Gasteiger partial charge in [-0.1, -0.05) is 18.2 Å². The molecule has 0 spiro atoms. The van der Waals surface area contributed by atoms with Crippen molar-refractivity contribution >= 4 is 16.8 Å². The van der Waals surface area contributed by atoms with Crippen molar-refractivity contribution in [2.24, 2.45) is 0 Å². The number of hydrogen-bond acceptors (Lipinski definition) is 2. The van der Waals surface area contributed by atoms with Crippen molar-refractivity contribution in [2.75, 3.05) is 0 Å². The number of nitrogens with zero attached hydrogens (tertiary/aromatic N) is 2. The largest absolute Gasteiger partial charge is 0.356 e. The van der Waals surface area contributed by atoms with Gasteiger partial charge in [0.05, 0.1) is 29.9 Å². The Morgan fingerprint density at radius 2 is 1.97 bits per heavy atom. The summed E-state index contributed by atoms with van der Waals surface area (Å²) in [6.07, 6.45) is 1.81. The second kappa shape index (κ2) is 7.74. The van der Waals surface area contributed by atoms with E-state index in [1.165, 1.54) is 18.2 Å². The van der Waals surface area contributed by atoms with Gasteiger partial charge < -0.3 is 10.3 Å². The van der Waals surface area contributed by atoms with E-state index in [2.05, 4.69) is 15.4 Å². The molecule has 0 radical (unpaired) electrons. The van der Waals surface area contributed by atoms with Crippen LogP contribution in [0.5, 0.6) is 0 Å². The van der Waals surface area contributed by atoms with Crippen molar-refractivity contribution in [3.63, 3.8) is 0 Å². The SMILES string of the molecule is Cc1[nH]c2c(F)cccc2c1CC(=O)N[C@H](C)c1cnn(-c2cccc(F)c2)c1C. The Kier molecular flexibility index (Phi) is 5.11. The predicted molar refractivity (Wildman–Crippen MR) is 112 cm³/mol. The van der Waals surface area contributed by atoms with Gasteiger partial charge in [-0.25, -0.2) is 13.5 Å². The molecular weight excluding hydrogens is 386 g/mol. The highest BCUT2D eigenvalue weighted by atomic mass is 19.1. The van der Waals surface area contributed by atoms with Gasteiger partial charge in [-0.15, -0.1) is 0 Å². The molecule has 0 unspecified atom stereocenters. The lowest BCUT2D eigenvalue weighted by Crippen LogP contribution is -2.28. The lowest BCUT2D eigenvalue weighted by atomic mass is 10.1. The zero-order chi connectivity index (χ0) is 21.4. The van der Waals surface area contributed by atoms with Gasteiger partial charge in [0.2, 0.25) is 5.91 Å². The van der Waals surface area contributed by atoms with Crippen molar-refractivity contribution in [3.8, 4) is 5.69 Å². The van der Waals surface area contributed by atoms with Crippen molar-refractivity contribution in [3.05, 3.63) is 82.8 Å². The van der Waals surface area contributed by atoms with Crippen LogP contribution in [0.2, 0.25) is 0 Å². The highest BCUT2D eigenvalue weighted by molar-refractivity contribution is 5.90. The second-order valence-electron chi connectivity index (χ2n) is 7.43. The lowest BCUT2D eigenvalue weighted by molar-refractivity contribution is -0.121. The van der Waals surface area contributed by atoms with Gasteiger partial charge in [0.1, 0.15) is 11.6 Å². The Labute approximate surface area is 172 Å². The number of aromatic nitrogens is 3. The van der Waals surface area contributed by atoms with E-state index in [0.29, 0.717) is 16.6 Å². The van der Waals surface area contributed by atoms with E-state index in [0.717, 1.165) is 22.5 Å². The third-order valence-corrected chi connectivity index (χ3v) is 5.39. The number of aromatic amines is 1. The Bertz CT molecular complexity index is 1240. The molecule has 0 aliphatic heterocycles. The van der Waals surface area contributed by atoms with Gasteiger partial charge in [-0.2, -0.15) is 5.10 Å². The van der Waals surface area contributed by atoms with Gasteiger partial charge in [0.25, 0.3) is 0 Å². The van der Waals surface area contributed by atoms with Crippen LogP contribution in [0.1, 0.15) is 35.5 Å². The molecule has 0 bridgehead atoms. The summed E-state index contributed by atoms with van der Waals surface area (Å²) in [4.78, 5) is 15.7. The molecule has 30 heavy (non-hydrogen) atoms. The zero-order valence-electron chi connectivity index (χ0n) is 17.0. The van der Waals surface area contributed by atoms with Crippen LogP contribution in [-0.2, 0) is 11.2 Å². The normalized spacial score (nSPS) is 12.3. The van der Waals surface area contributed by atoms with Crippen molar-refractivity contribution in [1.82, 2.24) is 20.1 Å².